The summed E-state index contributed by atoms with van der Waals surface area (Å²) in [6.45, 7) is 2.99. The summed E-state index contributed by atoms with van der Waals surface area (Å²) in [4.78, 5) is 11.2. The lowest BCUT2D eigenvalue weighted by Gasteiger charge is -2.03. The summed E-state index contributed by atoms with van der Waals surface area (Å²) >= 11 is 0. The van der Waals surface area contributed by atoms with Gasteiger partial charge in [-0.2, -0.15) is 9.61 Å². The largest absolute Gasteiger partial charge is 0.369 e. The van der Waals surface area contributed by atoms with Crippen LogP contribution in [0.5, 0.6) is 0 Å². The molecule has 0 unspecified atom stereocenters. The molecule has 0 saturated heterocycles. The second kappa shape index (κ2) is 4.12. The van der Waals surface area contributed by atoms with Gasteiger partial charge in [0.1, 0.15) is 5.82 Å². The Morgan fingerprint density at radius 3 is 3.20 bits per heavy atom. The fourth-order valence-electron chi connectivity index (χ4n) is 1.29. The van der Waals surface area contributed by atoms with Gasteiger partial charge in [-0.25, -0.2) is 9.89 Å². The molecule has 0 aliphatic carbocycles. The standard InChI is InChI=1S/C9H13N5O/c1-2-3-6-10-7-4-5-8-11-12-9(15)14(8)13-7/h4-5H,2-3,6H2,1H3,(H,10,13)(H,12,15). The summed E-state index contributed by atoms with van der Waals surface area (Å²) in [5.41, 5.74) is 0.213. The van der Waals surface area contributed by atoms with Crippen molar-refractivity contribution in [2.24, 2.45) is 0 Å². The zero-order chi connectivity index (χ0) is 10.7. The van der Waals surface area contributed by atoms with Crippen molar-refractivity contribution in [3.8, 4) is 0 Å². The molecule has 2 aromatic heterocycles. The van der Waals surface area contributed by atoms with Crippen molar-refractivity contribution in [2.75, 3.05) is 11.9 Å². The number of anilines is 1. The molecule has 15 heavy (non-hydrogen) atoms. The second-order valence-electron chi connectivity index (χ2n) is 3.30. The highest BCUT2D eigenvalue weighted by Crippen LogP contribution is 2.02. The van der Waals surface area contributed by atoms with Gasteiger partial charge in [0.05, 0.1) is 0 Å². The SMILES string of the molecule is CCCCNc1ccc2n[nH]c(=O)n2n1. The molecule has 0 aliphatic heterocycles. The topological polar surface area (TPSA) is 75.1 Å². The van der Waals surface area contributed by atoms with Gasteiger partial charge in [-0.15, -0.1) is 5.10 Å². The van der Waals surface area contributed by atoms with Gasteiger partial charge in [-0.3, -0.25) is 0 Å². The van der Waals surface area contributed by atoms with Crippen molar-refractivity contribution in [1.82, 2.24) is 19.8 Å². The van der Waals surface area contributed by atoms with Crippen LogP contribution < -0.4 is 11.0 Å². The van der Waals surface area contributed by atoms with Crippen LogP contribution in [0.3, 0.4) is 0 Å². The van der Waals surface area contributed by atoms with E-state index in [-0.39, 0.29) is 5.69 Å². The van der Waals surface area contributed by atoms with Gasteiger partial charge < -0.3 is 5.32 Å². The van der Waals surface area contributed by atoms with E-state index in [1.807, 2.05) is 6.07 Å². The Morgan fingerprint density at radius 2 is 2.40 bits per heavy atom. The molecule has 0 aromatic carbocycles. The Bertz CT molecular complexity index is 500. The summed E-state index contributed by atoms with van der Waals surface area (Å²) in [6.07, 6.45) is 2.21. The van der Waals surface area contributed by atoms with Gasteiger partial charge in [0.2, 0.25) is 0 Å². The fraction of sp³-hybridized carbons (Fsp3) is 0.444. The van der Waals surface area contributed by atoms with Crippen LogP contribution in [0, 0.1) is 0 Å². The fourth-order valence-corrected chi connectivity index (χ4v) is 1.29. The van der Waals surface area contributed by atoms with Crippen LogP contribution in [0.1, 0.15) is 19.8 Å². The van der Waals surface area contributed by atoms with Crippen LogP contribution in [0.15, 0.2) is 16.9 Å². The van der Waals surface area contributed by atoms with Gasteiger partial charge in [-0.05, 0) is 18.6 Å². The molecule has 0 radical (unpaired) electrons. The number of unbranched alkanes of at least 4 members (excludes halogenated alkanes) is 1. The maximum atomic E-state index is 11.2. The number of hydrogen-bond donors (Lipinski definition) is 2. The highest BCUT2D eigenvalue weighted by molar-refractivity contribution is 5.42. The number of hydrogen-bond acceptors (Lipinski definition) is 4. The molecule has 80 valence electrons. The molecule has 0 saturated carbocycles. The van der Waals surface area contributed by atoms with Crippen LogP contribution in [0.4, 0.5) is 5.82 Å². The third-order valence-electron chi connectivity index (χ3n) is 2.11. The average Bonchev–Trinajstić information content (AvgIpc) is 2.61. The maximum absolute atomic E-state index is 11.2. The van der Waals surface area contributed by atoms with Crippen molar-refractivity contribution in [1.29, 1.82) is 0 Å². The number of fused-ring (bicyclic) bond motifs is 1. The van der Waals surface area contributed by atoms with E-state index < -0.39 is 0 Å². The highest BCUT2D eigenvalue weighted by atomic mass is 16.2. The van der Waals surface area contributed by atoms with Crippen LogP contribution in [0.2, 0.25) is 0 Å². The Balaban J connectivity index is 2.22. The molecule has 2 heterocycles. The van der Waals surface area contributed by atoms with Crippen LogP contribution in [-0.2, 0) is 0 Å². The van der Waals surface area contributed by atoms with E-state index in [0.717, 1.165) is 19.4 Å². The third-order valence-corrected chi connectivity index (χ3v) is 2.11. The van der Waals surface area contributed by atoms with Crippen molar-refractivity contribution < 1.29 is 0 Å². The van der Waals surface area contributed by atoms with Gasteiger partial charge in [-0.1, -0.05) is 13.3 Å². The number of H-pyrrole nitrogens is 1. The average molecular weight is 207 g/mol. The molecular weight excluding hydrogens is 194 g/mol. The second-order valence-corrected chi connectivity index (χ2v) is 3.30. The lowest BCUT2D eigenvalue weighted by Crippen LogP contribution is -2.14. The molecule has 2 aromatic rings. The van der Waals surface area contributed by atoms with Crippen LogP contribution >= 0.6 is 0 Å². The molecule has 0 atom stereocenters. The normalized spacial score (nSPS) is 10.7. The molecule has 0 fully saturated rings. The van der Waals surface area contributed by atoms with Gasteiger partial charge in [0, 0.05) is 6.54 Å². The Kier molecular flexibility index (Phi) is 2.66. The number of aromatic nitrogens is 4. The molecule has 6 heteroatoms. The summed E-state index contributed by atoms with van der Waals surface area (Å²) in [5.74, 6) is 0.694. The number of nitrogens with one attached hydrogen (secondary N) is 2. The van der Waals surface area contributed by atoms with E-state index in [4.69, 9.17) is 0 Å². The van der Waals surface area contributed by atoms with Crippen molar-refractivity contribution in [3.05, 3.63) is 22.6 Å². The minimum absolute atomic E-state index is 0.316. The van der Waals surface area contributed by atoms with E-state index in [1.165, 1.54) is 4.52 Å². The number of rotatable bonds is 4. The minimum Gasteiger partial charge on any atom is -0.369 e. The molecular formula is C9H13N5O. The molecule has 2 N–H and O–H groups in total. The van der Waals surface area contributed by atoms with Crippen molar-refractivity contribution >= 4 is 11.5 Å². The van der Waals surface area contributed by atoms with Crippen molar-refractivity contribution in [3.63, 3.8) is 0 Å². The first-order valence-corrected chi connectivity index (χ1v) is 4.99. The summed E-state index contributed by atoms with van der Waals surface area (Å²) < 4.78 is 1.24. The molecule has 0 amide bonds. The summed E-state index contributed by atoms with van der Waals surface area (Å²) in [6, 6.07) is 3.56. The molecule has 0 spiro atoms. The Hall–Kier alpha value is -1.85. The molecule has 2 rings (SSSR count). The summed E-state index contributed by atoms with van der Waals surface area (Å²) in [5, 5.41) is 13.4. The molecule has 0 bridgehead atoms. The maximum Gasteiger partial charge on any atom is 0.364 e. The van der Waals surface area contributed by atoms with Crippen LogP contribution in [-0.4, -0.2) is 26.4 Å². The monoisotopic (exact) mass is 207 g/mol. The Labute approximate surface area is 86.3 Å². The third kappa shape index (κ3) is 1.98. The van der Waals surface area contributed by atoms with E-state index in [9.17, 15) is 4.79 Å². The summed E-state index contributed by atoms with van der Waals surface area (Å²) in [7, 11) is 0. The zero-order valence-corrected chi connectivity index (χ0v) is 8.53. The lowest BCUT2D eigenvalue weighted by atomic mass is 10.3. The van der Waals surface area contributed by atoms with Gasteiger partial charge in [0.15, 0.2) is 5.65 Å². The predicted molar refractivity (Wildman–Crippen MR) is 57.0 cm³/mol. The van der Waals surface area contributed by atoms with E-state index >= 15 is 0 Å². The highest BCUT2D eigenvalue weighted by Gasteiger charge is 2.01. The number of aromatic amines is 1. The lowest BCUT2D eigenvalue weighted by molar-refractivity contribution is 0.817. The Morgan fingerprint density at radius 1 is 1.53 bits per heavy atom. The number of nitrogens with zero attached hydrogens (tertiary/aromatic N) is 3. The van der Waals surface area contributed by atoms with E-state index in [2.05, 4.69) is 27.5 Å². The van der Waals surface area contributed by atoms with Gasteiger partial charge in [0.25, 0.3) is 0 Å². The molecule has 6 nitrogen and oxygen atoms in total. The minimum atomic E-state index is -0.316. The first-order valence-electron chi connectivity index (χ1n) is 4.99. The zero-order valence-electron chi connectivity index (χ0n) is 8.53. The van der Waals surface area contributed by atoms with Crippen LogP contribution in [0.25, 0.3) is 5.65 Å². The van der Waals surface area contributed by atoms with E-state index in [0.29, 0.717) is 11.5 Å². The van der Waals surface area contributed by atoms with Crippen molar-refractivity contribution in [2.45, 2.75) is 19.8 Å². The van der Waals surface area contributed by atoms with E-state index in [1.54, 1.807) is 6.07 Å². The predicted octanol–water partition coefficient (Wildman–Crippen LogP) is 0.630. The first-order chi connectivity index (χ1) is 7.31. The quantitative estimate of drug-likeness (QED) is 0.721. The molecule has 0 aliphatic rings. The first kappa shape index (κ1) is 9.70. The van der Waals surface area contributed by atoms with Gasteiger partial charge >= 0.3 is 5.69 Å². The smallest absolute Gasteiger partial charge is 0.364 e.